The summed E-state index contributed by atoms with van der Waals surface area (Å²) in [4.78, 5) is 34.7. The number of pyridine rings is 2. The van der Waals surface area contributed by atoms with Gasteiger partial charge < -0.3 is 4.74 Å². The molecule has 0 radical (unpaired) electrons. The topological polar surface area (TPSA) is 72.4 Å². The Kier molecular flexibility index (Phi) is 5.35. The van der Waals surface area contributed by atoms with Crippen LogP contribution in [0.2, 0.25) is 0 Å². The molecule has 0 saturated carbocycles. The van der Waals surface area contributed by atoms with Crippen LogP contribution in [0, 0.1) is 5.41 Å². The number of rotatable bonds is 5. The van der Waals surface area contributed by atoms with E-state index in [2.05, 4.69) is 9.97 Å². The first-order valence-electron chi connectivity index (χ1n) is 8.86. The molecule has 0 fully saturated rings. The quantitative estimate of drug-likeness (QED) is 0.761. The lowest BCUT2D eigenvalue weighted by atomic mass is 9.99. The fraction of sp³-hybridized carbons (Fsp3) is 0.333. The number of carbonyl (C=O) groups excluding carboxylic acids is 2. The van der Waals surface area contributed by atoms with Crippen molar-refractivity contribution in [1.29, 1.82) is 0 Å². The molecule has 0 aromatic carbocycles. The molecule has 3 heterocycles. The minimum Gasteiger partial charge on any atom is -0.461 e. The number of nitrogens with zero attached hydrogens (tertiary/aromatic N) is 3. The monoisotopic (exact) mass is 365 g/mol. The van der Waals surface area contributed by atoms with Gasteiger partial charge in [0.05, 0.1) is 12.2 Å². The molecule has 1 aliphatic heterocycles. The van der Waals surface area contributed by atoms with Crippen LogP contribution in [-0.4, -0.2) is 35.0 Å². The predicted octanol–water partition coefficient (Wildman–Crippen LogP) is 3.20. The smallest absolute Gasteiger partial charge is 0.339 e. The Bertz CT molecular complexity index is 852. The van der Waals surface area contributed by atoms with Crippen molar-refractivity contribution in [2.24, 2.45) is 5.41 Å². The van der Waals surface area contributed by atoms with Crippen molar-refractivity contribution < 1.29 is 14.3 Å². The lowest BCUT2D eigenvalue weighted by Crippen LogP contribution is -2.28. The predicted molar refractivity (Wildman–Crippen MR) is 102 cm³/mol. The standard InChI is InChI=1S/C21H23N3O3/c1-21(2,3)14-27-20(26)17-6-7-18(23-13-17)24-10-8-16(19(24)25)11-15-5-4-9-22-12-15/h4-9,12-13H,10-11,14H2,1-3H3. The highest BCUT2D eigenvalue weighted by molar-refractivity contribution is 6.08. The molecule has 0 spiro atoms. The first-order valence-corrected chi connectivity index (χ1v) is 8.86. The van der Waals surface area contributed by atoms with Gasteiger partial charge in [-0.25, -0.2) is 9.78 Å². The molecule has 0 atom stereocenters. The molecular weight excluding hydrogens is 342 g/mol. The van der Waals surface area contributed by atoms with Gasteiger partial charge in [-0.15, -0.1) is 0 Å². The summed E-state index contributed by atoms with van der Waals surface area (Å²) in [5, 5.41) is 0. The molecule has 1 amide bonds. The van der Waals surface area contributed by atoms with E-state index in [4.69, 9.17) is 4.74 Å². The second kappa shape index (κ2) is 7.70. The molecule has 0 aliphatic carbocycles. The van der Waals surface area contributed by atoms with E-state index in [0.29, 0.717) is 31.0 Å². The van der Waals surface area contributed by atoms with E-state index in [9.17, 15) is 9.59 Å². The largest absolute Gasteiger partial charge is 0.461 e. The molecule has 0 bridgehead atoms. The van der Waals surface area contributed by atoms with Gasteiger partial charge in [-0.1, -0.05) is 32.9 Å². The third-order valence-corrected chi connectivity index (χ3v) is 4.05. The van der Waals surface area contributed by atoms with Gasteiger partial charge in [-0.05, 0) is 29.2 Å². The summed E-state index contributed by atoms with van der Waals surface area (Å²) >= 11 is 0. The van der Waals surface area contributed by atoms with Crippen molar-refractivity contribution in [1.82, 2.24) is 9.97 Å². The van der Waals surface area contributed by atoms with Gasteiger partial charge >= 0.3 is 5.97 Å². The van der Waals surface area contributed by atoms with Crippen LogP contribution >= 0.6 is 0 Å². The summed E-state index contributed by atoms with van der Waals surface area (Å²) in [5.41, 5.74) is 1.99. The molecule has 140 valence electrons. The molecule has 2 aromatic heterocycles. The maximum atomic E-state index is 12.6. The van der Waals surface area contributed by atoms with Crippen molar-refractivity contribution >= 4 is 17.7 Å². The van der Waals surface area contributed by atoms with Gasteiger partial charge in [-0.3, -0.25) is 14.7 Å². The Morgan fingerprint density at radius 3 is 2.67 bits per heavy atom. The van der Waals surface area contributed by atoms with Crippen LogP contribution in [0.5, 0.6) is 0 Å². The third-order valence-electron chi connectivity index (χ3n) is 4.05. The molecule has 27 heavy (non-hydrogen) atoms. The number of amides is 1. The van der Waals surface area contributed by atoms with Crippen LogP contribution in [0.4, 0.5) is 5.82 Å². The minimum atomic E-state index is -0.410. The highest BCUT2D eigenvalue weighted by Gasteiger charge is 2.26. The number of hydrogen-bond donors (Lipinski definition) is 0. The summed E-state index contributed by atoms with van der Waals surface area (Å²) in [6.07, 6.45) is 7.36. The van der Waals surface area contributed by atoms with Crippen molar-refractivity contribution in [3.63, 3.8) is 0 Å². The lowest BCUT2D eigenvalue weighted by molar-refractivity contribution is -0.114. The summed E-state index contributed by atoms with van der Waals surface area (Å²) in [6.45, 7) is 6.79. The zero-order valence-electron chi connectivity index (χ0n) is 15.8. The van der Waals surface area contributed by atoms with Crippen LogP contribution in [-0.2, 0) is 16.0 Å². The second-order valence-electron chi connectivity index (χ2n) is 7.73. The van der Waals surface area contributed by atoms with Gasteiger partial charge in [-0.2, -0.15) is 0 Å². The average molecular weight is 365 g/mol. The third kappa shape index (κ3) is 4.78. The number of hydrogen-bond acceptors (Lipinski definition) is 5. The minimum absolute atomic E-state index is 0.0746. The van der Waals surface area contributed by atoms with Gasteiger partial charge in [0.15, 0.2) is 0 Å². The molecule has 0 saturated heterocycles. The van der Waals surface area contributed by atoms with Crippen molar-refractivity contribution in [3.8, 4) is 0 Å². The SMILES string of the molecule is CC(C)(C)COC(=O)c1ccc(N2CC=C(Cc3cccnc3)C2=O)nc1. The number of carbonyl (C=O) groups is 2. The van der Waals surface area contributed by atoms with Crippen LogP contribution in [0.1, 0.15) is 36.7 Å². The molecule has 6 heteroatoms. The fourth-order valence-electron chi connectivity index (χ4n) is 2.64. The maximum Gasteiger partial charge on any atom is 0.339 e. The van der Waals surface area contributed by atoms with Crippen LogP contribution in [0.25, 0.3) is 0 Å². The Morgan fingerprint density at radius 2 is 2.04 bits per heavy atom. The number of anilines is 1. The van der Waals surface area contributed by atoms with Crippen molar-refractivity contribution in [2.45, 2.75) is 27.2 Å². The van der Waals surface area contributed by atoms with Crippen LogP contribution in [0.15, 0.2) is 54.5 Å². The van der Waals surface area contributed by atoms with Gasteiger partial charge in [0.25, 0.3) is 5.91 Å². The summed E-state index contributed by atoms with van der Waals surface area (Å²) in [7, 11) is 0. The zero-order valence-corrected chi connectivity index (χ0v) is 15.8. The molecule has 0 N–H and O–H groups in total. The van der Waals surface area contributed by atoms with E-state index in [1.165, 1.54) is 6.20 Å². The van der Waals surface area contributed by atoms with E-state index in [1.54, 1.807) is 29.4 Å². The Morgan fingerprint density at radius 1 is 1.22 bits per heavy atom. The van der Waals surface area contributed by atoms with E-state index in [1.807, 2.05) is 39.0 Å². The number of esters is 1. The normalized spacial score (nSPS) is 14.3. The van der Waals surface area contributed by atoms with Gasteiger partial charge in [0, 0.05) is 37.1 Å². The Balaban J connectivity index is 1.63. The van der Waals surface area contributed by atoms with Crippen LogP contribution in [0.3, 0.4) is 0 Å². The van der Waals surface area contributed by atoms with Gasteiger partial charge in [0.1, 0.15) is 5.82 Å². The summed E-state index contributed by atoms with van der Waals surface area (Å²) in [5.74, 6) is 0.0336. The molecule has 0 unspecified atom stereocenters. The molecule has 3 rings (SSSR count). The molecule has 1 aliphatic rings. The van der Waals surface area contributed by atoms with Crippen molar-refractivity contribution in [3.05, 3.63) is 65.6 Å². The number of ether oxygens (including phenoxy) is 1. The fourth-order valence-corrected chi connectivity index (χ4v) is 2.64. The summed E-state index contributed by atoms with van der Waals surface area (Å²) in [6, 6.07) is 7.11. The highest BCUT2D eigenvalue weighted by Crippen LogP contribution is 2.22. The van der Waals surface area contributed by atoms with E-state index >= 15 is 0 Å². The van der Waals surface area contributed by atoms with E-state index in [0.717, 1.165) is 11.1 Å². The van der Waals surface area contributed by atoms with Crippen molar-refractivity contribution in [2.75, 3.05) is 18.1 Å². The number of aromatic nitrogens is 2. The highest BCUT2D eigenvalue weighted by atomic mass is 16.5. The lowest BCUT2D eigenvalue weighted by Gasteiger charge is -2.18. The Hall–Kier alpha value is -3.02. The Labute approximate surface area is 158 Å². The summed E-state index contributed by atoms with van der Waals surface area (Å²) < 4.78 is 5.29. The zero-order chi connectivity index (χ0) is 19.4. The first-order chi connectivity index (χ1) is 12.8. The second-order valence-corrected chi connectivity index (χ2v) is 7.73. The maximum absolute atomic E-state index is 12.6. The van der Waals surface area contributed by atoms with E-state index < -0.39 is 5.97 Å². The molecule has 6 nitrogen and oxygen atoms in total. The molecule has 2 aromatic rings. The first kappa shape index (κ1) is 18.8. The van der Waals surface area contributed by atoms with Gasteiger partial charge in [0.2, 0.25) is 0 Å². The van der Waals surface area contributed by atoms with Crippen LogP contribution < -0.4 is 4.90 Å². The van der Waals surface area contributed by atoms with E-state index in [-0.39, 0.29) is 11.3 Å². The average Bonchev–Trinajstić information content (AvgIpc) is 3.00. The molecular formula is C21H23N3O3.